The highest BCUT2D eigenvalue weighted by Gasteiger charge is 2.24. The van der Waals surface area contributed by atoms with Crippen LogP contribution in [0.3, 0.4) is 0 Å². The maximum absolute atomic E-state index is 12.0. The van der Waals surface area contributed by atoms with Crippen LogP contribution in [-0.2, 0) is 4.79 Å². The quantitative estimate of drug-likeness (QED) is 0.867. The molecule has 0 saturated carbocycles. The van der Waals surface area contributed by atoms with E-state index in [9.17, 15) is 9.59 Å². The van der Waals surface area contributed by atoms with E-state index < -0.39 is 12.1 Å². The molecule has 18 heavy (non-hydrogen) atoms. The van der Waals surface area contributed by atoms with Crippen LogP contribution in [0.25, 0.3) is 0 Å². The van der Waals surface area contributed by atoms with Crippen molar-refractivity contribution in [2.75, 3.05) is 18.4 Å². The molecule has 1 aliphatic rings. The van der Waals surface area contributed by atoms with Crippen LogP contribution >= 0.6 is 11.3 Å². The molecule has 6 nitrogen and oxygen atoms in total. The van der Waals surface area contributed by atoms with Crippen molar-refractivity contribution in [3.05, 3.63) is 11.6 Å². The van der Waals surface area contributed by atoms with Crippen molar-refractivity contribution < 1.29 is 9.59 Å². The van der Waals surface area contributed by atoms with Gasteiger partial charge < -0.3 is 10.2 Å². The van der Waals surface area contributed by atoms with Gasteiger partial charge in [-0.2, -0.15) is 0 Å². The Morgan fingerprint density at radius 1 is 1.44 bits per heavy atom. The summed E-state index contributed by atoms with van der Waals surface area (Å²) in [6.45, 7) is 3.28. The average Bonchev–Trinajstić information content (AvgIpc) is 2.99. The number of anilines is 1. The Labute approximate surface area is 109 Å². The molecule has 1 unspecified atom stereocenters. The maximum atomic E-state index is 12.0. The molecule has 1 atom stereocenters. The highest BCUT2D eigenvalue weighted by molar-refractivity contribution is 7.13. The summed E-state index contributed by atoms with van der Waals surface area (Å²) in [6, 6.07) is -0.909. The molecule has 1 aliphatic heterocycles. The minimum atomic E-state index is -0.511. The monoisotopic (exact) mass is 268 g/mol. The van der Waals surface area contributed by atoms with E-state index in [1.807, 2.05) is 0 Å². The van der Waals surface area contributed by atoms with Crippen molar-refractivity contribution in [3.63, 3.8) is 0 Å². The van der Waals surface area contributed by atoms with Crippen LogP contribution in [0.5, 0.6) is 0 Å². The summed E-state index contributed by atoms with van der Waals surface area (Å²) in [5.74, 6) is -0.0261. The van der Waals surface area contributed by atoms with Gasteiger partial charge in [0.1, 0.15) is 6.04 Å². The molecule has 0 aromatic carbocycles. The first kappa shape index (κ1) is 12.8. The zero-order valence-corrected chi connectivity index (χ0v) is 11.0. The first-order valence-corrected chi connectivity index (χ1v) is 6.80. The number of hydrogen-bond donors (Lipinski definition) is 2. The Kier molecular flexibility index (Phi) is 4.14. The van der Waals surface area contributed by atoms with Crippen LogP contribution < -0.4 is 10.6 Å². The fourth-order valence-electron chi connectivity index (χ4n) is 1.89. The Morgan fingerprint density at radius 3 is 2.78 bits per heavy atom. The van der Waals surface area contributed by atoms with Crippen LogP contribution in [0.4, 0.5) is 9.93 Å². The topological polar surface area (TPSA) is 74.3 Å². The second-order valence-corrected chi connectivity index (χ2v) is 5.08. The van der Waals surface area contributed by atoms with Crippen molar-refractivity contribution >= 4 is 28.4 Å². The molecule has 0 spiro atoms. The molecule has 1 aromatic heterocycles. The first-order chi connectivity index (χ1) is 8.66. The number of rotatable bonds is 3. The smallest absolute Gasteiger partial charge is 0.321 e. The van der Waals surface area contributed by atoms with Gasteiger partial charge in [-0.1, -0.05) is 0 Å². The summed E-state index contributed by atoms with van der Waals surface area (Å²) < 4.78 is 0. The number of thiazole rings is 1. The lowest BCUT2D eigenvalue weighted by molar-refractivity contribution is -0.131. The second kappa shape index (κ2) is 5.81. The molecule has 3 amide bonds. The SMILES string of the molecule is CC(NC(=O)Nc1nccs1)C(=O)N1CCCC1. The van der Waals surface area contributed by atoms with Crippen LogP contribution in [0.2, 0.25) is 0 Å². The van der Waals surface area contributed by atoms with Crippen LogP contribution in [0.15, 0.2) is 11.6 Å². The van der Waals surface area contributed by atoms with E-state index >= 15 is 0 Å². The lowest BCUT2D eigenvalue weighted by Gasteiger charge is -2.20. The van der Waals surface area contributed by atoms with Gasteiger partial charge in [0.15, 0.2) is 5.13 Å². The summed E-state index contributed by atoms with van der Waals surface area (Å²) in [6.07, 6.45) is 3.70. The van der Waals surface area contributed by atoms with Crippen molar-refractivity contribution in [2.45, 2.75) is 25.8 Å². The molecule has 1 fully saturated rings. The van der Waals surface area contributed by atoms with Gasteiger partial charge in [0.2, 0.25) is 5.91 Å². The summed E-state index contributed by atoms with van der Waals surface area (Å²) in [7, 11) is 0. The third kappa shape index (κ3) is 3.19. The van der Waals surface area contributed by atoms with Crippen molar-refractivity contribution in [2.24, 2.45) is 0 Å². The van der Waals surface area contributed by atoms with E-state index in [1.165, 1.54) is 11.3 Å². The minimum Gasteiger partial charge on any atom is -0.341 e. The summed E-state index contributed by atoms with van der Waals surface area (Å²) in [4.78, 5) is 29.3. The van der Waals surface area contributed by atoms with E-state index in [-0.39, 0.29) is 5.91 Å². The molecule has 2 N–H and O–H groups in total. The molecule has 0 bridgehead atoms. The number of likely N-dealkylation sites (tertiary alicyclic amines) is 1. The average molecular weight is 268 g/mol. The number of carbonyl (C=O) groups is 2. The largest absolute Gasteiger partial charge is 0.341 e. The normalized spacial score (nSPS) is 16.4. The molecule has 0 aliphatic carbocycles. The van der Waals surface area contributed by atoms with E-state index in [2.05, 4.69) is 15.6 Å². The van der Waals surface area contributed by atoms with E-state index in [1.54, 1.807) is 23.4 Å². The summed E-state index contributed by atoms with van der Waals surface area (Å²) in [5, 5.41) is 7.50. The fourth-order valence-corrected chi connectivity index (χ4v) is 2.41. The van der Waals surface area contributed by atoms with E-state index in [0.29, 0.717) is 5.13 Å². The van der Waals surface area contributed by atoms with Gasteiger partial charge >= 0.3 is 6.03 Å². The number of nitrogens with one attached hydrogen (secondary N) is 2. The molecule has 1 aromatic rings. The van der Waals surface area contributed by atoms with Gasteiger partial charge in [-0.15, -0.1) is 11.3 Å². The van der Waals surface area contributed by atoms with Gasteiger partial charge in [0.25, 0.3) is 0 Å². The lowest BCUT2D eigenvalue weighted by atomic mass is 10.3. The van der Waals surface area contributed by atoms with Gasteiger partial charge in [0.05, 0.1) is 0 Å². The second-order valence-electron chi connectivity index (χ2n) is 4.19. The van der Waals surface area contributed by atoms with Gasteiger partial charge in [-0.3, -0.25) is 10.1 Å². The molecule has 7 heteroatoms. The Bertz CT molecular complexity index is 415. The standard InChI is InChI=1S/C11H16N4O2S/c1-8(9(16)15-5-2-3-6-15)13-10(17)14-11-12-4-7-18-11/h4,7-8H,2-3,5-6H2,1H3,(H2,12,13,14,17). The van der Waals surface area contributed by atoms with E-state index in [4.69, 9.17) is 0 Å². The van der Waals surface area contributed by atoms with E-state index in [0.717, 1.165) is 25.9 Å². The number of nitrogens with zero attached hydrogens (tertiary/aromatic N) is 2. The highest BCUT2D eigenvalue weighted by atomic mass is 32.1. The Balaban J connectivity index is 1.81. The molecule has 2 heterocycles. The van der Waals surface area contributed by atoms with Gasteiger partial charge in [-0.05, 0) is 19.8 Å². The van der Waals surface area contributed by atoms with Gasteiger partial charge in [-0.25, -0.2) is 9.78 Å². The number of amides is 3. The number of hydrogen-bond acceptors (Lipinski definition) is 4. The summed E-state index contributed by atoms with van der Waals surface area (Å²) in [5.41, 5.74) is 0. The molecule has 1 saturated heterocycles. The van der Waals surface area contributed by atoms with Gasteiger partial charge in [0, 0.05) is 24.7 Å². The minimum absolute atomic E-state index is 0.0261. The Morgan fingerprint density at radius 2 is 2.17 bits per heavy atom. The van der Waals surface area contributed by atoms with Crippen LogP contribution in [-0.4, -0.2) is 41.0 Å². The van der Waals surface area contributed by atoms with Crippen molar-refractivity contribution in [1.82, 2.24) is 15.2 Å². The predicted octanol–water partition coefficient (Wildman–Crippen LogP) is 1.28. The third-order valence-corrected chi connectivity index (χ3v) is 3.48. The number of aromatic nitrogens is 1. The first-order valence-electron chi connectivity index (χ1n) is 5.92. The molecular weight excluding hydrogens is 252 g/mol. The maximum Gasteiger partial charge on any atom is 0.321 e. The summed E-state index contributed by atoms with van der Waals surface area (Å²) >= 11 is 1.33. The molecule has 98 valence electrons. The molecule has 2 rings (SSSR count). The van der Waals surface area contributed by atoms with Crippen molar-refractivity contribution in [3.8, 4) is 0 Å². The van der Waals surface area contributed by atoms with Crippen LogP contribution in [0, 0.1) is 0 Å². The lowest BCUT2D eigenvalue weighted by Crippen LogP contribution is -2.47. The van der Waals surface area contributed by atoms with Crippen LogP contribution in [0.1, 0.15) is 19.8 Å². The Hall–Kier alpha value is -1.63. The highest BCUT2D eigenvalue weighted by Crippen LogP contribution is 2.11. The number of urea groups is 1. The molecule has 0 radical (unpaired) electrons. The third-order valence-electron chi connectivity index (χ3n) is 2.79. The number of carbonyl (C=O) groups excluding carboxylic acids is 2. The zero-order valence-electron chi connectivity index (χ0n) is 10.2. The predicted molar refractivity (Wildman–Crippen MR) is 69.5 cm³/mol. The zero-order chi connectivity index (χ0) is 13.0. The molecular formula is C11H16N4O2S. The fraction of sp³-hybridized carbons (Fsp3) is 0.545. The van der Waals surface area contributed by atoms with Crippen molar-refractivity contribution in [1.29, 1.82) is 0 Å².